The maximum atomic E-state index is 13.3. The molecule has 2 N–H and O–H groups in total. The second-order valence-electron chi connectivity index (χ2n) is 10.6. The van der Waals surface area contributed by atoms with Crippen LogP contribution in [0.2, 0.25) is 0 Å². The van der Waals surface area contributed by atoms with Crippen LogP contribution in [0.4, 0.5) is 0 Å². The summed E-state index contributed by atoms with van der Waals surface area (Å²) in [6.45, 7) is 8.00. The zero-order valence-electron chi connectivity index (χ0n) is 19.4. The number of hydrogen-bond donors (Lipinski definition) is 2. The molecule has 34 heavy (non-hydrogen) atoms. The third-order valence-corrected chi connectivity index (χ3v) is 7.57. The number of carbonyl (C=O) groups excluding carboxylic acids is 2. The van der Waals surface area contributed by atoms with Crippen molar-refractivity contribution in [1.82, 2.24) is 19.8 Å². The van der Waals surface area contributed by atoms with Gasteiger partial charge in [0.15, 0.2) is 0 Å². The molecule has 0 spiro atoms. The highest BCUT2D eigenvalue weighted by atomic mass is 16.2. The summed E-state index contributed by atoms with van der Waals surface area (Å²) in [5.74, 6) is -0.632. The molecule has 5 heterocycles. The monoisotopic (exact) mass is 450 g/mol. The van der Waals surface area contributed by atoms with Gasteiger partial charge in [0.25, 0.3) is 11.8 Å². The number of imide groups is 1. The molecule has 2 amide bonds. The summed E-state index contributed by atoms with van der Waals surface area (Å²) < 4.78 is 4.51. The van der Waals surface area contributed by atoms with Gasteiger partial charge >= 0.3 is 0 Å². The van der Waals surface area contributed by atoms with Gasteiger partial charge in [-0.2, -0.15) is 0 Å². The van der Waals surface area contributed by atoms with Crippen molar-refractivity contribution in [3.8, 4) is 0 Å². The zero-order valence-corrected chi connectivity index (χ0v) is 19.4. The summed E-state index contributed by atoms with van der Waals surface area (Å²) in [6.07, 6.45) is 5.16. The molecule has 0 radical (unpaired) electrons. The van der Waals surface area contributed by atoms with Crippen molar-refractivity contribution in [2.45, 2.75) is 39.9 Å². The Bertz CT molecular complexity index is 1600. The third kappa shape index (κ3) is 2.66. The molecule has 0 unspecified atom stereocenters. The lowest BCUT2D eigenvalue weighted by molar-refractivity contribution is -0.122. The van der Waals surface area contributed by atoms with E-state index >= 15 is 0 Å². The lowest BCUT2D eigenvalue weighted by Crippen LogP contribution is -2.26. The summed E-state index contributed by atoms with van der Waals surface area (Å²) in [4.78, 5) is 26.5. The van der Waals surface area contributed by atoms with E-state index in [1.807, 2.05) is 6.07 Å². The molecule has 0 fully saturated rings. The van der Waals surface area contributed by atoms with Crippen LogP contribution in [0.25, 0.3) is 33.0 Å². The number of benzene rings is 2. The molecule has 0 saturated carbocycles. The topological polar surface area (TPSA) is 68.1 Å². The molecule has 3 aliphatic rings. The van der Waals surface area contributed by atoms with Gasteiger partial charge in [-0.3, -0.25) is 14.9 Å². The Kier molecular flexibility index (Phi) is 3.90. The molecule has 6 nitrogen and oxygen atoms in total. The Morgan fingerprint density at radius 1 is 0.853 bits per heavy atom. The minimum absolute atomic E-state index is 0.133. The van der Waals surface area contributed by atoms with E-state index in [1.54, 1.807) is 0 Å². The number of hydrogen-bond acceptors (Lipinski definition) is 3. The Hall–Kier alpha value is -3.64. The van der Waals surface area contributed by atoms with Crippen molar-refractivity contribution < 1.29 is 9.59 Å². The van der Waals surface area contributed by atoms with Crippen molar-refractivity contribution in [2.24, 2.45) is 5.41 Å². The van der Waals surface area contributed by atoms with Gasteiger partial charge in [0.05, 0.1) is 22.2 Å². The molecule has 2 aromatic carbocycles. The normalized spacial score (nSPS) is 19.2. The van der Waals surface area contributed by atoms with Crippen molar-refractivity contribution in [2.75, 3.05) is 6.54 Å². The smallest absolute Gasteiger partial charge is 0.259 e. The number of amides is 2. The van der Waals surface area contributed by atoms with Crippen LogP contribution < -0.4 is 10.6 Å². The van der Waals surface area contributed by atoms with Crippen molar-refractivity contribution in [3.05, 3.63) is 71.0 Å². The van der Waals surface area contributed by atoms with E-state index in [0.29, 0.717) is 11.1 Å². The van der Waals surface area contributed by atoms with Crippen LogP contribution in [0.5, 0.6) is 0 Å². The van der Waals surface area contributed by atoms with E-state index in [0.717, 1.165) is 60.0 Å². The molecule has 0 saturated heterocycles. The van der Waals surface area contributed by atoms with Gasteiger partial charge in [0, 0.05) is 54.9 Å². The first-order chi connectivity index (χ1) is 16.4. The largest absolute Gasteiger partial charge is 0.346 e. The van der Waals surface area contributed by atoms with Gasteiger partial charge in [-0.15, -0.1) is 0 Å². The van der Waals surface area contributed by atoms with Crippen molar-refractivity contribution in [1.29, 1.82) is 0 Å². The first-order valence-corrected chi connectivity index (χ1v) is 11.9. The molecule has 6 heteroatoms. The van der Waals surface area contributed by atoms with E-state index in [-0.39, 0.29) is 17.2 Å². The quantitative estimate of drug-likeness (QED) is 0.456. The van der Waals surface area contributed by atoms with Crippen LogP contribution in [-0.4, -0.2) is 27.5 Å². The van der Waals surface area contributed by atoms with Crippen molar-refractivity contribution >= 4 is 44.8 Å². The van der Waals surface area contributed by atoms with Gasteiger partial charge in [-0.05, 0) is 34.6 Å². The minimum atomic E-state index is -0.318. The van der Waals surface area contributed by atoms with E-state index in [9.17, 15) is 9.59 Å². The summed E-state index contributed by atoms with van der Waals surface area (Å²) in [6, 6.07) is 12.5. The second kappa shape index (κ2) is 6.70. The molecule has 0 atom stereocenters. The van der Waals surface area contributed by atoms with Crippen LogP contribution >= 0.6 is 0 Å². The summed E-state index contributed by atoms with van der Waals surface area (Å²) in [5.41, 5.74) is 7.60. The molecule has 2 aromatic heterocycles. The maximum Gasteiger partial charge on any atom is 0.259 e. The van der Waals surface area contributed by atoms with E-state index < -0.39 is 0 Å². The lowest BCUT2D eigenvalue weighted by atomic mass is 9.82. The number of nitrogens with one attached hydrogen (secondary N) is 2. The standard InChI is InChI=1S/C28H26N4O2/c1-28(2)12-16-4-3-5-19-21(14-32(15-28)24(16)19)23-22(26(33)30-27(23)34)18-7-6-17-13-29-9-11-31-10-8-20(18)25(17)31/h3-8,10,14,29H,9,11-13,15H2,1-2H3,(H,30,33,34). The molecular formula is C28H26N4O2. The lowest BCUT2D eigenvalue weighted by Gasteiger charge is -2.31. The number of aromatic nitrogens is 2. The predicted molar refractivity (Wildman–Crippen MR) is 133 cm³/mol. The summed E-state index contributed by atoms with van der Waals surface area (Å²) in [7, 11) is 0. The van der Waals surface area contributed by atoms with E-state index in [1.165, 1.54) is 16.6 Å². The molecular weight excluding hydrogens is 424 g/mol. The fourth-order valence-corrected chi connectivity index (χ4v) is 6.28. The highest BCUT2D eigenvalue weighted by Crippen LogP contribution is 2.42. The van der Waals surface area contributed by atoms with Crippen LogP contribution in [0.1, 0.15) is 36.1 Å². The predicted octanol–water partition coefficient (Wildman–Crippen LogP) is 3.85. The molecule has 0 bridgehead atoms. The van der Waals surface area contributed by atoms with Gasteiger partial charge in [-0.25, -0.2) is 0 Å². The number of para-hydroxylation sites is 1. The Morgan fingerprint density at radius 3 is 2.47 bits per heavy atom. The minimum Gasteiger partial charge on any atom is -0.346 e. The number of nitrogens with zero attached hydrogens (tertiary/aromatic N) is 2. The highest BCUT2D eigenvalue weighted by molar-refractivity contribution is 6.50. The number of carbonyl (C=O) groups is 2. The molecule has 7 rings (SSSR count). The van der Waals surface area contributed by atoms with Crippen molar-refractivity contribution in [3.63, 3.8) is 0 Å². The second-order valence-corrected chi connectivity index (χ2v) is 10.6. The summed E-state index contributed by atoms with van der Waals surface area (Å²) in [5, 5.41) is 8.12. The zero-order chi connectivity index (χ0) is 23.2. The fourth-order valence-electron chi connectivity index (χ4n) is 6.28. The van der Waals surface area contributed by atoms with Crippen LogP contribution in [0.3, 0.4) is 0 Å². The van der Waals surface area contributed by atoms with Crippen LogP contribution in [0.15, 0.2) is 48.8 Å². The average molecular weight is 451 g/mol. The van der Waals surface area contributed by atoms with Gasteiger partial charge < -0.3 is 14.5 Å². The van der Waals surface area contributed by atoms with Crippen LogP contribution in [-0.2, 0) is 35.6 Å². The molecule has 0 aliphatic carbocycles. The Morgan fingerprint density at radius 2 is 1.62 bits per heavy atom. The van der Waals surface area contributed by atoms with Gasteiger partial charge in [0.2, 0.25) is 0 Å². The highest BCUT2D eigenvalue weighted by Gasteiger charge is 2.36. The Balaban J connectivity index is 1.52. The molecule has 170 valence electrons. The van der Waals surface area contributed by atoms with E-state index in [4.69, 9.17) is 0 Å². The van der Waals surface area contributed by atoms with Gasteiger partial charge in [-0.1, -0.05) is 44.2 Å². The molecule has 4 aromatic rings. The van der Waals surface area contributed by atoms with Gasteiger partial charge in [0.1, 0.15) is 0 Å². The van der Waals surface area contributed by atoms with Crippen LogP contribution in [0, 0.1) is 5.41 Å². The first-order valence-electron chi connectivity index (χ1n) is 11.9. The molecule has 3 aliphatic heterocycles. The fraction of sp³-hybridized carbons (Fsp3) is 0.286. The summed E-state index contributed by atoms with van der Waals surface area (Å²) >= 11 is 0. The number of rotatable bonds is 2. The third-order valence-electron chi connectivity index (χ3n) is 7.57. The SMILES string of the molecule is CC1(C)Cc2cccc3c(C4=C(c5ccc6c7c5ccn7CCNC6)C(=O)NC4=O)cn(c23)C1. The average Bonchev–Trinajstić information content (AvgIpc) is 3.40. The van der Waals surface area contributed by atoms with E-state index in [2.05, 4.69) is 76.3 Å². The maximum absolute atomic E-state index is 13.3. The Labute approximate surface area is 197 Å². The first kappa shape index (κ1) is 19.8.